The van der Waals surface area contributed by atoms with Gasteiger partial charge in [-0.25, -0.2) is 9.67 Å². The van der Waals surface area contributed by atoms with Crippen LogP contribution < -0.4 is 5.32 Å². The summed E-state index contributed by atoms with van der Waals surface area (Å²) >= 11 is 0. The highest BCUT2D eigenvalue weighted by molar-refractivity contribution is 5.95. The molecule has 6 nitrogen and oxygen atoms in total. The van der Waals surface area contributed by atoms with E-state index in [0.29, 0.717) is 30.3 Å². The molecule has 1 unspecified atom stereocenters. The molecule has 10 heteroatoms. The third kappa shape index (κ3) is 4.90. The second kappa shape index (κ2) is 9.13. The number of aromatic nitrogens is 3. The first-order chi connectivity index (χ1) is 13.2. The van der Waals surface area contributed by atoms with Gasteiger partial charge in [0.05, 0.1) is 23.0 Å². The summed E-state index contributed by atoms with van der Waals surface area (Å²) in [6.45, 7) is 6.06. The minimum absolute atomic E-state index is 0. The Labute approximate surface area is 173 Å². The van der Waals surface area contributed by atoms with Crippen LogP contribution in [0.5, 0.6) is 0 Å². The molecular formula is C19H25ClF3N5O. The molecule has 29 heavy (non-hydrogen) atoms. The molecule has 0 bridgehead atoms. The van der Waals surface area contributed by atoms with Gasteiger partial charge in [0.15, 0.2) is 5.82 Å². The van der Waals surface area contributed by atoms with Crippen LogP contribution in [0.4, 0.5) is 13.2 Å². The zero-order chi connectivity index (χ0) is 20.5. The predicted molar refractivity (Wildman–Crippen MR) is 106 cm³/mol. The molecule has 1 amide bonds. The molecule has 0 saturated carbocycles. The molecule has 1 atom stereocenters. The monoisotopic (exact) mass is 431 g/mol. The van der Waals surface area contributed by atoms with Gasteiger partial charge in [0.2, 0.25) is 0 Å². The number of nitrogens with one attached hydrogen (secondary N) is 1. The van der Waals surface area contributed by atoms with Gasteiger partial charge in [-0.3, -0.25) is 4.79 Å². The second-order valence-corrected chi connectivity index (χ2v) is 7.38. The summed E-state index contributed by atoms with van der Waals surface area (Å²) in [4.78, 5) is 18.8. The van der Waals surface area contributed by atoms with Gasteiger partial charge in [0, 0.05) is 19.3 Å². The van der Waals surface area contributed by atoms with E-state index in [0.717, 1.165) is 25.2 Å². The largest absolute Gasteiger partial charge is 0.417 e. The summed E-state index contributed by atoms with van der Waals surface area (Å²) in [6, 6.07) is 2.24. The molecule has 3 rings (SSSR count). The molecule has 0 aromatic carbocycles. The summed E-state index contributed by atoms with van der Waals surface area (Å²) in [6.07, 6.45) is -1.23. The van der Waals surface area contributed by atoms with Gasteiger partial charge in [0.1, 0.15) is 0 Å². The van der Waals surface area contributed by atoms with E-state index in [-0.39, 0.29) is 30.0 Å². The zero-order valence-corrected chi connectivity index (χ0v) is 17.3. The lowest BCUT2D eigenvalue weighted by molar-refractivity contribution is -0.137. The number of halogens is 4. The van der Waals surface area contributed by atoms with Crippen LogP contribution in [-0.4, -0.2) is 52.3 Å². The minimum Gasteiger partial charge on any atom is -0.338 e. The van der Waals surface area contributed by atoms with E-state index < -0.39 is 11.7 Å². The Morgan fingerprint density at radius 3 is 2.59 bits per heavy atom. The third-order valence-corrected chi connectivity index (χ3v) is 4.94. The Kier molecular flexibility index (Phi) is 7.29. The topological polar surface area (TPSA) is 63.1 Å². The molecule has 1 fully saturated rings. The number of hydrogen-bond donors (Lipinski definition) is 1. The number of rotatable bonds is 5. The maximum absolute atomic E-state index is 13.0. The van der Waals surface area contributed by atoms with Gasteiger partial charge in [0.25, 0.3) is 5.91 Å². The van der Waals surface area contributed by atoms with E-state index in [4.69, 9.17) is 0 Å². The summed E-state index contributed by atoms with van der Waals surface area (Å²) < 4.78 is 39.8. The molecule has 2 aromatic rings. The Bertz CT molecular complexity index is 835. The first-order valence-corrected chi connectivity index (χ1v) is 9.27. The maximum Gasteiger partial charge on any atom is 0.417 e. The quantitative estimate of drug-likeness (QED) is 0.786. The molecule has 1 aliphatic heterocycles. The summed E-state index contributed by atoms with van der Waals surface area (Å²) in [5.74, 6) is 0.523. The summed E-state index contributed by atoms with van der Waals surface area (Å²) in [7, 11) is 1.89. The van der Waals surface area contributed by atoms with Crippen molar-refractivity contribution in [2.24, 2.45) is 5.92 Å². The van der Waals surface area contributed by atoms with Gasteiger partial charge in [-0.2, -0.15) is 18.3 Å². The van der Waals surface area contributed by atoms with Crippen molar-refractivity contribution in [3.8, 4) is 5.82 Å². The van der Waals surface area contributed by atoms with Crippen molar-refractivity contribution in [1.29, 1.82) is 0 Å². The van der Waals surface area contributed by atoms with Crippen LogP contribution in [0.3, 0.4) is 0 Å². The van der Waals surface area contributed by atoms with Crippen molar-refractivity contribution >= 4 is 18.3 Å². The molecule has 1 N–H and O–H groups in total. The molecule has 0 radical (unpaired) electrons. The van der Waals surface area contributed by atoms with Crippen LogP contribution in [0.1, 0.15) is 47.8 Å². The van der Waals surface area contributed by atoms with E-state index in [1.807, 2.05) is 25.8 Å². The van der Waals surface area contributed by atoms with Gasteiger partial charge in [-0.15, -0.1) is 12.4 Å². The predicted octanol–water partition coefficient (Wildman–Crippen LogP) is 3.51. The number of carbonyl (C=O) groups is 1. The van der Waals surface area contributed by atoms with Gasteiger partial charge in [-0.05, 0) is 44.0 Å². The molecule has 0 spiro atoms. The Morgan fingerprint density at radius 1 is 1.31 bits per heavy atom. The van der Waals surface area contributed by atoms with E-state index in [2.05, 4.69) is 15.4 Å². The van der Waals surface area contributed by atoms with Gasteiger partial charge < -0.3 is 10.2 Å². The van der Waals surface area contributed by atoms with Crippen LogP contribution in [0, 0.1) is 5.92 Å². The van der Waals surface area contributed by atoms with E-state index in [1.54, 1.807) is 0 Å². The number of amides is 1. The number of carbonyl (C=O) groups excluding carboxylic acids is 1. The maximum atomic E-state index is 13.0. The van der Waals surface area contributed by atoms with Crippen LogP contribution >= 0.6 is 12.4 Å². The van der Waals surface area contributed by atoms with E-state index in [9.17, 15) is 18.0 Å². The summed E-state index contributed by atoms with van der Waals surface area (Å²) in [5.41, 5.74) is 0.301. The zero-order valence-electron chi connectivity index (χ0n) is 16.5. The number of pyridine rings is 1. The van der Waals surface area contributed by atoms with Crippen molar-refractivity contribution in [2.75, 3.05) is 26.7 Å². The lowest BCUT2D eigenvalue weighted by atomic mass is 10.0. The average Bonchev–Trinajstić information content (AvgIpc) is 3.28. The third-order valence-electron chi connectivity index (χ3n) is 4.94. The highest BCUT2D eigenvalue weighted by atomic mass is 35.5. The number of hydrogen-bond acceptors (Lipinski definition) is 4. The Morgan fingerprint density at radius 2 is 2.03 bits per heavy atom. The fourth-order valence-electron chi connectivity index (χ4n) is 3.58. The van der Waals surface area contributed by atoms with E-state index >= 15 is 0 Å². The molecule has 1 aliphatic rings. The van der Waals surface area contributed by atoms with Gasteiger partial charge >= 0.3 is 6.18 Å². The highest BCUT2D eigenvalue weighted by Gasteiger charge is 2.32. The fourth-order valence-corrected chi connectivity index (χ4v) is 3.58. The molecule has 2 aromatic heterocycles. The lowest BCUT2D eigenvalue weighted by Crippen LogP contribution is -2.31. The van der Waals surface area contributed by atoms with Crippen molar-refractivity contribution < 1.29 is 18.0 Å². The smallest absolute Gasteiger partial charge is 0.338 e. The normalized spacial score (nSPS) is 16.9. The van der Waals surface area contributed by atoms with Crippen LogP contribution in [0.15, 0.2) is 24.5 Å². The molecule has 3 heterocycles. The first-order valence-electron chi connectivity index (χ1n) is 9.27. The second-order valence-electron chi connectivity index (χ2n) is 7.38. The standard InChI is InChI=1S/C19H24F3N5O.ClH/c1-12(2)17-15(18(28)26-7-6-13(11-26)8-23-3)10-25-27(17)16-5-4-14(9-24-16)19(20,21)22;/h4-5,9-10,12-13,23H,6-8,11H2,1-3H3;1H. The van der Waals surface area contributed by atoms with Crippen molar-refractivity contribution in [1.82, 2.24) is 25.0 Å². The van der Waals surface area contributed by atoms with Gasteiger partial charge in [-0.1, -0.05) is 13.8 Å². The van der Waals surface area contributed by atoms with Crippen molar-refractivity contribution in [3.63, 3.8) is 0 Å². The number of nitrogens with zero attached hydrogens (tertiary/aromatic N) is 4. The molecular weight excluding hydrogens is 407 g/mol. The molecule has 1 saturated heterocycles. The van der Waals surface area contributed by atoms with Crippen LogP contribution in [0.25, 0.3) is 5.82 Å². The van der Waals surface area contributed by atoms with E-state index in [1.165, 1.54) is 16.9 Å². The van der Waals surface area contributed by atoms with Crippen LogP contribution in [-0.2, 0) is 6.18 Å². The fraction of sp³-hybridized carbons (Fsp3) is 0.526. The van der Waals surface area contributed by atoms with Crippen LogP contribution in [0.2, 0.25) is 0 Å². The highest BCUT2D eigenvalue weighted by Crippen LogP contribution is 2.30. The van der Waals surface area contributed by atoms with Crippen molar-refractivity contribution in [2.45, 2.75) is 32.4 Å². The average molecular weight is 432 g/mol. The molecule has 160 valence electrons. The SMILES string of the molecule is CNCC1CCN(C(=O)c2cnn(-c3ccc(C(F)(F)F)cn3)c2C(C)C)C1.Cl. The number of likely N-dealkylation sites (tertiary alicyclic amines) is 1. The Balaban J connectivity index is 0.00000300. The molecule has 0 aliphatic carbocycles. The minimum atomic E-state index is -4.45. The first kappa shape index (κ1) is 23.2. The lowest BCUT2D eigenvalue weighted by Gasteiger charge is -2.18. The summed E-state index contributed by atoms with van der Waals surface area (Å²) in [5, 5.41) is 7.40. The number of alkyl halides is 3. The van der Waals surface area contributed by atoms with Crippen molar-refractivity contribution in [3.05, 3.63) is 41.3 Å². The Hall–Kier alpha value is -2.13.